The molecule has 5 nitrogen and oxygen atoms in total. The molecule has 2 N–H and O–H groups in total. The molecule has 0 fully saturated rings. The van der Waals surface area contributed by atoms with Gasteiger partial charge in [-0.05, 0) is 36.4 Å². The molecule has 3 aromatic rings. The molecule has 0 bridgehead atoms. The fourth-order valence-electron chi connectivity index (χ4n) is 2.24. The number of hydrogen-bond donors (Lipinski definition) is 1. The Morgan fingerprint density at radius 1 is 1.19 bits per heavy atom. The van der Waals surface area contributed by atoms with Crippen molar-refractivity contribution in [2.45, 2.75) is 4.90 Å². The largest absolute Gasteiger partial charge is 0.320 e. The minimum atomic E-state index is -3.92. The topological polar surface area (TPSA) is 77.5 Å². The minimum Gasteiger partial charge on any atom is -0.320 e. The molecule has 0 aliphatic carbocycles. The molecule has 0 aliphatic rings. The maximum Gasteiger partial charge on any atom is 0.239 e. The number of halogens is 3. The van der Waals surface area contributed by atoms with Gasteiger partial charge < -0.3 is 4.57 Å². The lowest BCUT2D eigenvalue weighted by Crippen LogP contribution is -2.13. The summed E-state index contributed by atoms with van der Waals surface area (Å²) in [5.74, 6) is -0.327. The Hall–Kier alpha value is -1.52. The third kappa shape index (κ3) is 4.41. The van der Waals surface area contributed by atoms with Crippen molar-refractivity contribution in [3.63, 3.8) is 0 Å². The van der Waals surface area contributed by atoms with Gasteiger partial charge in [0.15, 0.2) is 4.80 Å². The quantitative estimate of drug-likeness (QED) is 0.617. The molecule has 0 saturated carbocycles. The SMILES string of the molecule is Br.Cn1c(-c2ccc(Cl)c(S(N)(=O)=O)c2)cs/c1=N/c1ccc(F)cc1. The molecule has 26 heavy (non-hydrogen) atoms. The predicted molar refractivity (Wildman–Crippen MR) is 107 cm³/mol. The van der Waals surface area contributed by atoms with E-state index in [1.807, 2.05) is 9.95 Å². The number of thiazole rings is 1. The summed E-state index contributed by atoms with van der Waals surface area (Å²) in [6, 6.07) is 10.5. The first-order valence-electron chi connectivity index (χ1n) is 7.03. The third-order valence-corrected chi connectivity index (χ3v) is 5.82. The van der Waals surface area contributed by atoms with Crippen LogP contribution in [0.15, 0.2) is 57.7 Å². The van der Waals surface area contributed by atoms with E-state index in [0.29, 0.717) is 16.1 Å². The van der Waals surface area contributed by atoms with Crippen molar-refractivity contribution in [2.24, 2.45) is 17.2 Å². The zero-order valence-corrected chi connectivity index (χ0v) is 17.5. The maximum atomic E-state index is 13.0. The molecule has 3 rings (SSSR count). The van der Waals surface area contributed by atoms with Crippen molar-refractivity contribution in [1.29, 1.82) is 0 Å². The zero-order valence-electron chi connectivity index (χ0n) is 13.4. The molecule has 0 radical (unpaired) electrons. The molecule has 0 amide bonds. The minimum absolute atomic E-state index is 0. The Morgan fingerprint density at radius 2 is 1.85 bits per heavy atom. The van der Waals surface area contributed by atoms with Gasteiger partial charge >= 0.3 is 0 Å². The van der Waals surface area contributed by atoms with Gasteiger partial charge in [-0.25, -0.2) is 22.9 Å². The Morgan fingerprint density at radius 3 is 2.46 bits per heavy atom. The number of nitrogens with two attached hydrogens (primary N) is 1. The number of benzene rings is 2. The average Bonchev–Trinajstić information content (AvgIpc) is 2.90. The van der Waals surface area contributed by atoms with Crippen LogP contribution in [0.5, 0.6) is 0 Å². The van der Waals surface area contributed by atoms with Crippen LogP contribution < -0.4 is 9.94 Å². The molecule has 0 unspecified atom stereocenters. The van der Waals surface area contributed by atoms with Crippen LogP contribution in [0.25, 0.3) is 11.3 Å². The number of sulfonamides is 1. The summed E-state index contributed by atoms with van der Waals surface area (Å²) in [5.41, 5.74) is 2.02. The van der Waals surface area contributed by atoms with Crippen LogP contribution in [0.3, 0.4) is 0 Å². The van der Waals surface area contributed by atoms with Crippen molar-refractivity contribution in [3.8, 4) is 11.3 Å². The number of nitrogens with zero attached hydrogens (tertiary/aromatic N) is 2. The highest BCUT2D eigenvalue weighted by Crippen LogP contribution is 2.27. The van der Waals surface area contributed by atoms with E-state index in [0.717, 1.165) is 5.69 Å². The van der Waals surface area contributed by atoms with E-state index in [1.165, 1.54) is 35.6 Å². The van der Waals surface area contributed by atoms with Gasteiger partial charge in [0, 0.05) is 18.0 Å². The van der Waals surface area contributed by atoms with Gasteiger partial charge in [0.25, 0.3) is 0 Å². The van der Waals surface area contributed by atoms with Gasteiger partial charge in [0.2, 0.25) is 10.0 Å². The summed E-state index contributed by atoms with van der Waals surface area (Å²) in [4.78, 5) is 5.01. The van der Waals surface area contributed by atoms with E-state index < -0.39 is 10.0 Å². The monoisotopic (exact) mass is 477 g/mol. The fourth-order valence-corrected chi connectivity index (χ4v) is 4.24. The molecule has 2 aromatic carbocycles. The lowest BCUT2D eigenvalue weighted by molar-refractivity contribution is 0.598. The molecule has 0 aliphatic heterocycles. The smallest absolute Gasteiger partial charge is 0.239 e. The summed E-state index contributed by atoms with van der Waals surface area (Å²) in [6.07, 6.45) is 0. The lowest BCUT2D eigenvalue weighted by Gasteiger charge is -2.07. The highest BCUT2D eigenvalue weighted by atomic mass is 79.9. The van der Waals surface area contributed by atoms with Gasteiger partial charge in [0.1, 0.15) is 10.7 Å². The Balaban J connectivity index is 0.00000243. The first-order valence-corrected chi connectivity index (χ1v) is 9.83. The lowest BCUT2D eigenvalue weighted by atomic mass is 10.2. The van der Waals surface area contributed by atoms with Crippen LogP contribution in [0.2, 0.25) is 5.02 Å². The van der Waals surface area contributed by atoms with Gasteiger partial charge in [-0.15, -0.1) is 28.3 Å². The number of rotatable bonds is 3. The van der Waals surface area contributed by atoms with Gasteiger partial charge in [-0.1, -0.05) is 17.7 Å². The van der Waals surface area contributed by atoms with Crippen molar-refractivity contribution in [3.05, 3.63) is 63.5 Å². The molecule has 138 valence electrons. The second-order valence-electron chi connectivity index (χ2n) is 5.24. The first kappa shape index (κ1) is 20.8. The van der Waals surface area contributed by atoms with Crippen molar-refractivity contribution < 1.29 is 12.8 Å². The maximum absolute atomic E-state index is 13.0. The molecule has 1 heterocycles. The summed E-state index contributed by atoms with van der Waals surface area (Å²) in [6.45, 7) is 0. The van der Waals surface area contributed by atoms with Crippen molar-refractivity contribution in [2.75, 3.05) is 0 Å². The van der Waals surface area contributed by atoms with E-state index in [2.05, 4.69) is 4.99 Å². The molecular formula is C16H14BrClFN3O2S2. The van der Waals surface area contributed by atoms with E-state index in [4.69, 9.17) is 16.7 Å². The van der Waals surface area contributed by atoms with E-state index >= 15 is 0 Å². The number of aromatic nitrogens is 1. The van der Waals surface area contributed by atoms with Crippen molar-refractivity contribution in [1.82, 2.24) is 4.57 Å². The van der Waals surface area contributed by atoms with E-state index in [-0.39, 0.29) is 32.7 Å². The molecule has 0 atom stereocenters. The standard InChI is InChI=1S/C16H13ClFN3O2S2.BrH/c1-21-14(10-2-7-13(17)15(8-10)25(19,22)23)9-24-16(21)20-12-5-3-11(18)4-6-12;/h2-9H,1H3,(H2,19,22,23);1H/b20-16+;. The molecule has 10 heteroatoms. The zero-order chi connectivity index (χ0) is 18.2. The van der Waals surface area contributed by atoms with Crippen molar-refractivity contribution >= 4 is 55.6 Å². The van der Waals surface area contributed by atoms with Crippen LogP contribution in [0.4, 0.5) is 10.1 Å². The average molecular weight is 479 g/mol. The van der Waals surface area contributed by atoms with Crippen LogP contribution in [0.1, 0.15) is 0 Å². The van der Waals surface area contributed by atoms with Gasteiger partial charge in [0.05, 0.1) is 16.4 Å². The van der Waals surface area contributed by atoms with E-state index in [9.17, 15) is 12.8 Å². The second kappa shape index (κ2) is 8.01. The number of primary sulfonamides is 1. The van der Waals surface area contributed by atoms with Gasteiger partial charge in [-0.2, -0.15) is 0 Å². The normalized spacial score (nSPS) is 12.1. The molecule has 1 aromatic heterocycles. The molecular weight excluding hydrogens is 465 g/mol. The second-order valence-corrected chi connectivity index (χ2v) is 8.01. The van der Waals surface area contributed by atoms with E-state index in [1.54, 1.807) is 25.2 Å². The first-order chi connectivity index (χ1) is 11.8. The Kier molecular flexibility index (Phi) is 6.41. The van der Waals surface area contributed by atoms with Crippen LogP contribution in [0, 0.1) is 5.82 Å². The van der Waals surface area contributed by atoms with Gasteiger partial charge in [-0.3, -0.25) is 0 Å². The highest BCUT2D eigenvalue weighted by Gasteiger charge is 2.15. The van der Waals surface area contributed by atoms with Crippen LogP contribution in [-0.4, -0.2) is 13.0 Å². The summed E-state index contributed by atoms with van der Waals surface area (Å²) >= 11 is 7.30. The van der Waals surface area contributed by atoms with Crippen LogP contribution in [-0.2, 0) is 17.1 Å². The third-order valence-electron chi connectivity index (χ3n) is 3.51. The fraction of sp³-hybridized carbons (Fsp3) is 0.0625. The highest BCUT2D eigenvalue weighted by molar-refractivity contribution is 8.93. The van der Waals surface area contributed by atoms with Crippen LogP contribution >= 0.6 is 39.9 Å². The summed E-state index contributed by atoms with van der Waals surface area (Å²) in [7, 11) is -2.11. The molecule has 0 spiro atoms. The molecule has 0 saturated heterocycles. The Bertz CT molecular complexity index is 1110. The summed E-state index contributed by atoms with van der Waals surface area (Å²) < 4.78 is 38.1. The predicted octanol–water partition coefficient (Wildman–Crippen LogP) is 4.00. The summed E-state index contributed by atoms with van der Waals surface area (Å²) in [5, 5.41) is 7.11. The Labute approximate surface area is 169 Å². The number of hydrogen-bond acceptors (Lipinski definition) is 4.